The Morgan fingerprint density at radius 1 is 1.19 bits per heavy atom. The molecule has 4 nitrogen and oxygen atoms in total. The van der Waals surface area contributed by atoms with Crippen molar-refractivity contribution in [1.82, 2.24) is 4.98 Å². The molecule has 1 fully saturated rings. The fourth-order valence-electron chi connectivity index (χ4n) is 3.10. The first-order chi connectivity index (χ1) is 10.3. The third kappa shape index (κ3) is 3.05. The quantitative estimate of drug-likeness (QED) is 0.910. The lowest BCUT2D eigenvalue weighted by Gasteiger charge is -2.26. The second-order valence-corrected chi connectivity index (χ2v) is 5.82. The predicted molar refractivity (Wildman–Crippen MR) is 84.9 cm³/mol. The van der Waals surface area contributed by atoms with Gasteiger partial charge in [0, 0.05) is 17.5 Å². The van der Waals surface area contributed by atoms with Crippen LogP contribution in [-0.2, 0) is 4.79 Å². The van der Waals surface area contributed by atoms with Crippen LogP contribution in [0, 0.1) is 11.8 Å². The Kier molecular flexibility index (Phi) is 4.15. The van der Waals surface area contributed by atoms with Crippen LogP contribution in [0.5, 0.6) is 0 Å². The van der Waals surface area contributed by atoms with Crippen LogP contribution in [-0.4, -0.2) is 17.4 Å². The Labute approximate surface area is 124 Å². The Morgan fingerprint density at radius 3 is 2.71 bits per heavy atom. The fraction of sp³-hybridized carbons (Fsp3) is 0.412. The summed E-state index contributed by atoms with van der Waals surface area (Å²) in [4.78, 5) is 16.8. The van der Waals surface area contributed by atoms with E-state index in [0.717, 1.165) is 48.8 Å². The molecular weight excluding hydrogens is 262 g/mol. The number of aromatic nitrogens is 1. The number of nitrogens with two attached hydrogens (primary N) is 1. The number of benzene rings is 1. The highest BCUT2D eigenvalue weighted by molar-refractivity contribution is 6.01. The molecule has 0 spiro atoms. The van der Waals surface area contributed by atoms with Gasteiger partial charge in [-0.2, -0.15) is 0 Å². The Balaban J connectivity index is 1.72. The largest absolute Gasteiger partial charge is 0.330 e. The zero-order valence-electron chi connectivity index (χ0n) is 12.1. The molecule has 1 amide bonds. The number of carbonyl (C=O) groups is 1. The molecule has 1 aromatic carbocycles. The van der Waals surface area contributed by atoms with Crippen molar-refractivity contribution in [1.29, 1.82) is 0 Å². The number of para-hydroxylation sites is 1. The molecule has 1 aromatic heterocycles. The van der Waals surface area contributed by atoms with E-state index in [2.05, 4.69) is 10.3 Å². The summed E-state index contributed by atoms with van der Waals surface area (Å²) >= 11 is 0. The van der Waals surface area contributed by atoms with Gasteiger partial charge in [0.25, 0.3) is 0 Å². The van der Waals surface area contributed by atoms with Gasteiger partial charge in [-0.1, -0.05) is 18.2 Å². The van der Waals surface area contributed by atoms with Crippen molar-refractivity contribution < 1.29 is 4.79 Å². The maximum Gasteiger partial charge on any atom is 0.227 e. The molecule has 4 heteroatoms. The highest BCUT2D eigenvalue weighted by Crippen LogP contribution is 2.29. The summed E-state index contributed by atoms with van der Waals surface area (Å²) in [6, 6.07) is 9.78. The van der Waals surface area contributed by atoms with Crippen molar-refractivity contribution in [2.75, 3.05) is 11.9 Å². The molecule has 0 radical (unpaired) electrons. The number of hydrogen-bond donors (Lipinski definition) is 2. The standard InChI is InChI=1S/C17H21N3O/c18-11-12-6-8-14(9-7-12)17(21)20-15-5-1-3-13-4-2-10-19-16(13)15/h1-5,10,12,14H,6-9,11,18H2,(H,20,21). The molecule has 3 N–H and O–H groups in total. The van der Waals surface area contributed by atoms with Gasteiger partial charge < -0.3 is 11.1 Å². The van der Waals surface area contributed by atoms with Crippen molar-refractivity contribution in [3.63, 3.8) is 0 Å². The van der Waals surface area contributed by atoms with E-state index < -0.39 is 0 Å². The van der Waals surface area contributed by atoms with Crippen molar-refractivity contribution >= 4 is 22.5 Å². The Bertz CT molecular complexity index is 627. The maximum atomic E-state index is 12.4. The van der Waals surface area contributed by atoms with Crippen molar-refractivity contribution in [2.45, 2.75) is 25.7 Å². The molecule has 2 aromatic rings. The van der Waals surface area contributed by atoms with Crippen LogP contribution in [0.1, 0.15) is 25.7 Å². The summed E-state index contributed by atoms with van der Waals surface area (Å²) in [5.74, 6) is 0.809. The van der Waals surface area contributed by atoms with E-state index in [-0.39, 0.29) is 11.8 Å². The Morgan fingerprint density at radius 2 is 1.95 bits per heavy atom. The molecule has 0 aliphatic heterocycles. The normalized spacial score (nSPS) is 22.1. The lowest BCUT2D eigenvalue weighted by atomic mass is 9.81. The summed E-state index contributed by atoms with van der Waals surface area (Å²) in [5.41, 5.74) is 7.36. The molecule has 0 saturated heterocycles. The van der Waals surface area contributed by atoms with Gasteiger partial charge in [-0.3, -0.25) is 9.78 Å². The van der Waals surface area contributed by atoms with Crippen LogP contribution >= 0.6 is 0 Å². The smallest absolute Gasteiger partial charge is 0.227 e. The molecule has 0 atom stereocenters. The van der Waals surface area contributed by atoms with Gasteiger partial charge in [-0.15, -0.1) is 0 Å². The molecule has 1 aliphatic rings. The topological polar surface area (TPSA) is 68.0 Å². The average molecular weight is 283 g/mol. The summed E-state index contributed by atoms with van der Waals surface area (Å²) < 4.78 is 0. The molecule has 1 aliphatic carbocycles. The van der Waals surface area contributed by atoms with Gasteiger partial charge in [0.1, 0.15) is 0 Å². The van der Waals surface area contributed by atoms with Crippen LogP contribution in [0.2, 0.25) is 0 Å². The molecule has 21 heavy (non-hydrogen) atoms. The van der Waals surface area contributed by atoms with Gasteiger partial charge in [-0.25, -0.2) is 0 Å². The van der Waals surface area contributed by atoms with E-state index >= 15 is 0 Å². The van der Waals surface area contributed by atoms with Crippen LogP contribution in [0.25, 0.3) is 10.9 Å². The summed E-state index contributed by atoms with van der Waals surface area (Å²) in [6.45, 7) is 0.738. The van der Waals surface area contributed by atoms with E-state index in [9.17, 15) is 4.79 Å². The maximum absolute atomic E-state index is 12.4. The van der Waals surface area contributed by atoms with Crippen LogP contribution in [0.3, 0.4) is 0 Å². The van der Waals surface area contributed by atoms with E-state index in [1.54, 1.807) is 6.20 Å². The summed E-state index contributed by atoms with van der Waals surface area (Å²) in [6.07, 6.45) is 5.74. The number of hydrogen-bond acceptors (Lipinski definition) is 3. The molecule has 3 rings (SSSR count). The second-order valence-electron chi connectivity index (χ2n) is 5.82. The highest BCUT2D eigenvalue weighted by Gasteiger charge is 2.25. The van der Waals surface area contributed by atoms with Crippen LogP contribution in [0.15, 0.2) is 36.5 Å². The minimum Gasteiger partial charge on any atom is -0.330 e. The number of nitrogens with zero attached hydrogens (tertiary/aromatic N) is 1. The van der Waals surface area contributed by atoms with E-state index in [4.69, 9.17) is 5.73 Å². The summed E-state index contributed by atoms with van der Waals surface area (Å²) in [5, 5.41) is 4.10. The summed E-state index contributed by atoms with van der Waals surface area (Å²) in [7, 11) is 0. The van der Waals surface area contributed by atoms with Crippen LogP contribution in [0.4, 0.5) is 5.69 Å². The van der Waals surface area contributed by atoms with Crippen molar-refractivity contribution in [3.05, 3.63) is 36.5 Å². The number of fused-ring (bicyclic) bond motifs is 1. The first-order valence-electron chi connectivity index (χ1n) is 7.62. The number of rotatable bonds is 3. The molecule has 1 saturated carbocycles. The average Bonchev–Trinajstić information content (AvgIpc) is 2.55. The SMILES string of the molecule is NCC1CCC(C(=O)Nc2cccc3cccnc23)CC1. The van der Waals surface area contributed by atoms with Gasteiger partial charge in [0.05, 0.1) is 11.2 Å². The number of carbonyl (C=O) groups excluding carboxylic acids is 1. The molecule has 0 unspecified atom stereocenters. The first kappa shape index (κ1) is 14.0. The third-order valence-electron chi connectivity index (χ3n) is 4.44. The van der Waals surface area contributed by atoms with E-state index in [1.807, 2.05) is 30.3 Å². The molecule has 0 bridgehead atoms. The van der Waals surface area contributed by atoms with Crippen molar-refractivity contribution in [3.8, 4) is 0 Å². The Hall–Kier alpha value is -1.94. The lowest BCUT2D eigenvalue weighted by molar-refractivity contribution is -0.121. The van der Waals surface area contributed by atoms with Crippen LogP contribution < -0.4 is 11.1 Å². The second kappa shape index (κ2) is 6.22. The zero-order chi connectivity index (χ0) is 14.7. The fourth-order valence-corrected chi connectivity index (χ4v) is 3.10. The number of pyridine rings is 1. The van der Waals surface area contributed by atoms with Gasteiger partial charge in [-0.05, 0) is 50.3 Å². The van der Waals surface area contributed by atoms with Gasteiger partial charge >= 0.3 is 0 Å². The van der Waals surface area contributed by atoms with E-state index in [0.29, 0.717) is 5.92 Å². The lowest BCUT2D eigenvalue weighted by Crippen LogP contribution is -2.29. The molecule has 1 heterocycles. The molecule has 110 valence electrons. The van der Waals surface area contributed by atoms with Gasteiger partial charge in [0.2, 0.25) is 5.91 Å². The van der Waals surface area contributed by atoms with E-state index in [1.165, 1.54) is 0 Å². The third-order valence-corrected chi connectivity index (χ3v) is 4.44. The number of nitrogens with one attached hydrogen (secondary N) is 1. The van der Waals surface area contributed by atoms with Gasteiger partial charge in [0.15, 0.2) is 0 Å². The zero-order valence-corrected chi connectivity index (χ0v) is 12.1. The minimum absolute atomic E-state index is 0.103. The monoisotopic (exact) mass is 283 g/mol. The predicted octanol–water partition coefficient (Wildman–Crippen LogP) is 2.94. The molecular formula is C17H21N3O. The number of anilines is 1. The highest BCUT2D eigenvalue weighted by atomic mass is 16.1. The minimum atomic E-state index is 0.103. The van der Waals surface area contributed by atoms with Crippen molar-refractivity contribution in [2.24, 2.45) is 17.6 Å². The first-order valence-corrected chi connectivity index (χ1v) is 7.62. The number of amides is 1.